The van der Waals surface area contributed by atoms with Gasteiger partial charge in [-0.1, -0.05) is 39.7 Å². The van der Waals surface area contributed by atoms with Gasteiger partial charge in [-0.05, 0) is 48.7 Å². The average molecular weight is 346 g/mol. The SMILES string of the molecule is Cc1ccc(Cl)cc1C(Br)Cc1c(F)cccc1F. The minimum absolute atomic E-state index is 0.0868. The summed E-state index contributed by atoms with van der Waals surface area (Å²) in [5, 5.41) is 0.610. The summed E-state index contributed by atoms with van der Waals surface area (Å²) >= 11 is 9.44. The summed E-state index contributed by atoms with van der Waals surface area (Å²) in [5.74, 6) is -1.05. The Balaban J connectivity index is 2.31. The maximum absolute atomic E-state index is 13.6. The Bertz CT molecular complexity index is 578. The largest absolute Gasteiger partial charge is 0.207 e. The van der Waals surface area contributed by atoms with Crippen molar-refractivity contribution in [1.82, 2.24) is 0 Å². The zero-order valence-corrected chi connectivity index (χ0v) is 12.6. The molecule has 0 aliphatic carbocycles. The van der Waals surface area contributed by atoms with Gasteiger partial charge in [0.1, 0.15) is 11.6 Å². The molecule has 2 aromatic rings. The minimum atomic E-state index is -0.524. The van der Waals surface area contributed by atoms with Gasteiger partial charge in [0.25, 0.3) is 0 Å². The quantitative estimate of drug-likeness (QED) is 0.635. The highest BCUT2D eigenvalue weighted by atomic mass is 79.9. The molecule has 100 valence electrons. The van der Waals surface area contributed by atoms with Crippen LogP contribution in [0, 0.1) is 18.6 Å². The number of hydrogen-bond acceptors (Lipinski definition) is 0. The lowest BCUT2D eigenvalue weighted by Crippen LogP contribution is -2.02. The Kier molecular flexibility index (Phi) is 4.58. The van der Waals surface area contributed by atoms with Crippen LogP contribution in [0.1, 0.15) is 21.5 Å². The molecule has 0 heterocycles. The lowest BCUT2D eigenvalue weighted by atomic mass is 10.00. The molecule has 0 amide bonds. The van der Waals surface area contributed by atoms with E-state index in [2.05, 4.69) is 15.9 Å². The van der Waals surface area contributed by atoms with Gasteiger partial charge in [-0.15, -0.1) is 0 Å². The van der Waals surface area contributed by atoms with Crippen LogP contribution in [0.4, 0.5) is 8.78 Å². The summed E-state index contributed by atoms with van der Waals surface area (Å²) < 4.78 is 27.2. The lowest BCUT2D eigenvalue weighted by molar-refractivity contribution is 0.554. The summed E-state index contributed by atoms with van der Waals surface area (Å²) in [6.07, 6.45) is 0.236. The van der Waals surface area contributed by atoms with Gasteiger partial charge in [0.15, 0.2) is 0 Å². The maximum Gasteiger partial charge on any atom is 0.129 e. The van der Waals surface area contributed by atoms with Crippen molar-refractivity contribution in [3.8, 4) is 0 Å². The number of benzene rings is 2. The molecular weight excluding hydrogens is 334 g/mol. The average Bonchev–Trinajstić information content (AvgIpc) is 2.37. The van der Waals surface area contributed by atoms with Crippen LogP contribution >= 0.6 is 27.5 Å². The standard InChI is InChI=1S/C15H12BrClF2/c1-9-5-6-10(17)7-11(9)13(16)8-12-14(18)3-2-4-15(12)19/h2-7,13H,8H2,1H3. The van der Waals surface area contributed by atoms with E-state index in [9.17, 15) is 8.78 Å². The fraction of sp³-hybridized carbons (Fsp3) is 0.200. The van der Waals surface area contributed by atoms with Crippen molar-refractivity contribution < 1.29 is 8.78 Å². The van der Waals surface area contributed by atoms with Crippen molar-refractivity contribution in [2.24, 2.45) is 0 Å². The molecular formula is C15H12BrClF2. The second kappa shape index (κ2) is 6.02. The molecule has 0 N–H and O–H groups in total. The molecule has 2 aromatic carbocycles. The molecule has 0 aliphatic rings. The first kappa shape index (κ1) is 14.5. The van der Waals surface area contributed by atoms with Crippen LogP contribution in [-0.2, 0) is 6.42 Å². The molecule has 0 nitrogen and oxygen atoms in total. The van der Waals surface area contributed by atoms with E-state index < -0.39 is 11.6 Å². The van der Waals surface area contributed by atoms with Crippen LogP contribution in [0.15, 0.2) is 36.4 Å². The fourth-order valence-corrected chi connectivity index (χ4v) is 2.96. The van der Waals surface area contributed by atoms with Crippen molar-refractivity contribution in [1.29, 1.82) is 0 Å². The summed E-state index contributed by atoms with van der Waals surface area (Å²) in [5.41, 5.74) is 2.06. The van der Waals surface area contributed by atoms with Gasteiger partial charge in [0.2, 0.25) is 0 Å². The van der Waals surface area contributed by atoms with Gasteiger partial charge < -0.3 is 0 Å². The summed E-state index contributed by atoms with van der Waals surface area (Å²) in [6, 6.07) is 9.40. The molecule has 2 rings (SSSR count). The third-order valence-electron chi connectivity index (χ3n) is 3.02. The highest BCUT2D eigenvalue weighted by Gasteiger charge is 2.16. The Morgan fingerprint density at radius 1 is 1.16 bits per heavy atom. The molecule has 4 heteroatoms. The van der Waals surface area contributed by atoms with Gasteiger partial charge in [0.05, 0.1) is 0 Å². The van der Waals surface area contributed by atoms with Crippen LogP contribution in [0.25, 0.3) is 0 Å². The predicted molar refractivity (Wildman–Crippen MR) is 77.9 cm³/mol. The first-order chi connectivity index (χ1) is 8.99. The molecule has 0 aromatic heterocycles. The zero-order valence-electron chi connectivity index (χ0n) is 10.3. The monoisotopic (exact) mass is 344 g/mol. The fourth-order valence-electron chi connectivity index (χ4n) is 1.97. The first-order valence-electron chi connectivity index (χ1n) is 5.82. The third-order valence-corrected chi connectivity index (χ3v) is 4.08. The lowest BCUT2D eigenvalue weighted by Gasteiger charge is -2.14. The predicted octanol–water partition coefficient (Wildman–Crippen LogP) is 5.61. The second-order valence-electron chi connectivity index (χ2n) is 4.37. The van der Waals surface area contributed by atoms with E-state index in [1.54, 1.807) is 6.07 Å². The van der Waals surface area contributed by atoms with Crippen molar-refractivity contribution in [2.45, 2.75) is 18.2 Å². The van der Waals surface area contributed by atoms with Gasteiger partial charge >= 0.3 is 0 Å². The number of hydrogen-bond donors (Lipinski definition) is 0. The van der Waals surface area contributed by atoms with Gasteiger partial charge in [-0.3, -0.25) is 0 Å². The highest BCUT2D eigenvalue weighted by Crippen LogP contribution is 2.32. The third kappa shape index (κ3) is 3.34. The second-order valence-corrected chi connectivity index (χ2v) is 5.91. The molecule has 0 radical (unpaired) electrons. The van der Waals surface area contributed by atoms with E-state index in [0.29, 0.717) is 5.02 Å². The Morgan fingerprint density at radius 2 is 1.79 bits per heavy atom. The molecule has 0 bridgehead atoms. The van der Waals surface area contributed by atoms with Crippen LogP contribution in [0.2, 0.25) is 5.02 Å². The molecule has 19 heavy (non-hydrogen) atoms. The van der Waals surface area contributed by atoms with Gasteiger partial charge in [-0.2, -0.15) is 0 Å². The topological polar surface area (TPSA) is 0 Å². The summed E-state index contributed by atoms with van der Waals surface area (Å²) in [7, 11) is 0. The van der Waals surface area contributed by atoms with Crippen LogP contribution in [-0.4, -0.2) is 0 Å². The van der Waals surface area contributed by atoms with E-state index in [1.807, 2.05) is 19.1 Å². The Morgan fingerprint density at radius 3 is 2.42 bits per heavy atom. The van der Waals surface area contributed by atoms with E-state index in [4.69, 9.17) is 11.6 Å². The van der Waals surface area contributed by atoms with Crippen LogP contribution in [0.3, 0.4) is 0 Å². The Labute approximate surface area is 124 Å². The molecule has 1 atom stereocenters. The molecule has 1 unspecified atom stereocenters. The number of halogens is 4. The smallest absolute Gasteiger partial charge is 0.129 e. The van der Waals surface area contributed by atoms with Crippen LogP contribution < -0.4 is 0 Å². The molecule has 0 fully saturated rings. The number of aryl methyl sites for hydroxylation is 1. The van der Waals surface area contributed by atoms with Gasteiger partial charge in [-0.25, -0.2) is 8.78 Å². The van der Waals surface area contributed by atoms with Crippen molar-refractivity contribution in [3.05, 3.63) is 69.7 Å². The van der Waals surface area contributed by atoms with Crippen molar-refractivity contribution in [3.63, 3.8) is 0 Å². The molecule has 0 spiro atoms. The van der Waals surface area contributed by atoms with E-state index in [1.165, 1.54) is 18.2 Å². The normalized spacial score (nSPS) is 12.5. The maximum atomic E-state index is 13.6. The Hall–Kier alpha value is -0.930. The van der Waals surface area contributed by atoms with E-state index >= 15 is 0 Å². The van der Waals surface area contributed by atoms with Crippen molar-refractivity contribution in [2.75, 3.05) is 0 Å². The summed E-state index contributed by atoms with van der Waals surface area (Å²) in [4.78, 5) is -0.183. The van der Waals surface area contributed by atoms with E-state index in [-0.39, 0.29) is 16.8 Å². The van der Waals surface area contributed by atoms with Crippen LogP contribution in [0.5, 0.6) is 0 Å². The van der Waals surface area contributed by atoms with E-state index in [0.717, 1.165) is 11.1 Å². The minimum Gasteiger partial charge on any atom is -0.207 e. The highest BCUT2D eigenvalue weighted by molar-refractivity contribution is 9.09. The summed E-state index contributed by atoms with van der Waals surface area (Å²) in [6.45, 7) is 1.94. The molecule has 0 aliphatic heterocycles. The van der Waals surface area contributed by atoms with Gasteiger partial charge in [0, 0.05) is 15.4 Å². The van der Waals surface area contributed by atoms with Crippen molar-refractivity contribution >= 4 is 27.5 Å². The molecule has 0 saturated heterocycles. The molecule has 0 saturated carbocycles. The number of rotatable bonds is 3. The first-order valence-corrected chi connectivity index (χ1v) is 7.11. The zero-order chi connectivity index (χ0) is 14.0. The number of alkyl halides is 1.